The van der Waals surface area contributed by atoms with Gasteiger partial charge in [0.1, 0.15) is 6.61 Å². The first-order chi connectivity index (χ1) is 17.9. The summed E-state index contributed by atoms with van der Waals surface area (Å²) in [6.07, 6.45) is -2.01. The van der Waals surface area contributed by atoms with Crippen molar-refractivity contribution in [2.75, 3.05) is 10.2 Å². The summed E-state index contributed by atoms with van der Waals surface area (Å²) in [7, 11) is 0. The molecule has 0 saturated carbocycles. The van der Waals surface area contributed by atoms with Crippen molar-refractivity contribution in [1.82, 2.24) is 0 Å². The van der Waals surface area contributed by atoms with Crippen molar-refractivity contribution in [3.8, 4) is 0 Å². The lowest BCUT2D eigenvalue weighted by molar-refractivity contribution is -0.144. The van der Waals surface area contributed by atoms with Gasteiger partial charge >= 0.3 is 5.97 Å². The molecule has 188 valence electrons. The average molecular weight is 535 g/mol. The van der Waals surface area contributed by atoms with Crippen LogP contribution in [0.3, 0.4) is 0 Å². The number of carbonyl (C=O) groups excluding carboxylic acids is 1. The maximum Gasteiger partial charge on any atom is 0.310 e. The highest BCUT2D eigenvalue weighted by Gasteiger charge is 2.37. The maximum atomic E-state index is 12.8. The van der Waals surface area contributed by atoms with Crippen molar-refractivity contribution in [2.45, 2.75) is 25.5 Å². The molecule has 0 aliphatic carbocycles. The molecule has 4 aromatic rings. The molecular formula is C29H24Cl2N2O4. The summed E-state index contributed by atoms with van der Waals surface area (Å²) in [5, 5.41) is 25.9. The van der Waals surface area contributed by atoms with Gasteiger partial charge in [-0.25, -0.2) is 0 Å². The Morgan fingerprint density at radius 3 is 2.03 bits per heavy atom. The van der Waals surface area contributed by atoms with Crippen LogP contribution in [0.25, 0.3) is 0 Å². The van der Waals surface area contributed by atoms with Crippen LogP contribution in [0.1, 0.15) is 34.7 Å². The Labute approximate surface area is 224 Å². The maximum absolute atomic E-state index is 12.8. The van der Waals surface area contributed by atoms with Crippen LogP contribution >= 0.6 is 23.2 Å². The van der Waals surface area contributed by atoms with Crippen molar-refractivity contribution >= 4 is 46.2 Å². The van der Waals surface area contributed by atoms with Gasteiger partial charge in [0.25, 0.3) is 0 Å². The smallest absolute Gasteiger partial charge is 0.310 e. The lowest BCUT2D eigenvalue weighted by Crippen LogP contribution is -2.27. The van der Waals surface area contributed by atoms with E-state index in [9.17, 15) is 15.0 Å². The molecule has 1 heterocycles. The number of fused-ring (bicyclic) bond motifs is 1. The molecule has 0 bridgehead atoms. The average Bonchev–Trinajstić information content (AvgIpc) is 3.16. The van der Waals surface area contributed by atoms with Crippen molar-refractivity contribution in [1.29, 1.82) is 0 Å². The highest BCUT2D eigenvalue weighted by molar-refractivity contribution is 6.39. The Morgan fingerprint density at radius 1 is 0.784 bits per heavy atom. The van der Waals surface area contributed by atoms with Gasteiger partial charge in [-0.15, -0.1) is 0 Å². The Kier molecular flexibility index (Phi) is 7.35. The molecule has 0 spiro atoms. The number of rotatable bonds is 7. The zero-order valence-electron chi connectivity index (χ0n) is 19.6. The van der Waals surface area contributed by atoms with Crippen molar-refractivity contribution in [3.05, 3.63) is 123 Å². The molecule has 37 heavy (non-hydrogen) atoms. The van der Waals surface area contributed by atoms with E-state index >= 15 is 0 Å². The van der Waals surface area contributed by atoms with Gasteiger partial charge in [-0.3, -0.25) is 4.79 Å². The molecule has 0 aromatic heterocycles. The van der Waals surface area contributed by atoms with Crippen molar-refractivity contribution in [3.63, 3.8) is 0 Å². The number of nitrogens with one attached hydrogen (secondary N) is 1. The summed E-state index contributed by atoms with van der Waals surface area (Å²) in [5.41, 5.74) is 4.50. The Hall–Kier alpha value is -3.55. The third-order valence-electron chi connectivity index (χ3n) is 6.31. The molecular weight excluding hydrogens is 511 g/mol. The SMILES string of the molecule is O=C(Cc1ccccc1Nc1c(Cl)cccc1Cl)OCc1ccccc1N1C(O)c2ccccc2C1O. The lowest BCUT2D eigenvalue weighted by Gasteiger charge is -2.28. The predicted octanol–water partition coefficient (Wildman–Crippen LogP) is 6.52. The fourth-order valence-corrected chi connectivity index (χ4v) is 4.97. The van der Waals surface area contributed by atoms with Crippen LogP contribution < -0.4 is 10.2 Å². The highest BCUT2D eigenvalue weighted by Crippen LogP contribution is 2.43. The van der Waals surface area contributed by atoms with Crippen LogP contribution in [-0.2, 0) is 22.6 Å². The number of nitrogens with zero attached hydrogens (tertiary/aromatic N) is 1. The minimum atomic E-state index is -1.02. The standard InChI is InChI=1S/C29H24Cl2N2O4/c30-22-12-7-13-23(31)27(22)32-24-14-5-1-8-18(24)16-26(34)37-17-19-9-2-6-15-25(19)33-28(35)20-10-3-4-11-21(20)29(33)36/h1-15,28-29,32,35-36H,16-17H2. The van der Waals surface area contributed by atoms with E-state index in [-0.39, 0.29) is 13.0 Å². The number of benzene rings is 4. The number of aliphatic hydroxyl groups is 2. The molecule has 6 nitrogen and oxygen atoms in total. The van der Waals surface area contributed by atoms with Crippen LogP contribution in [0.15, 0.2) is 91.0 Å². The quantitative estimate of drug-likeness (QED) is 0.234. The normalized spacial score (nSPS) is 16.4. The number of halogens is 2. The van der Waals surface area contributed by atoms with Gasteiger partial charge in [0.15, 0.2) is 12.5 Å². The van der Waals surface area contributed by atoms with E-state index in [0.29, 0.717) is 43.8 Å². The summed E-state index contributed by atoms with van der Waals surface area (Å²) < 4.78 is 5.62. The first kappa shape index (κ1) is 25.1. The van der Waals surface area contributed by atoms with E-state index in [1.54, 1.807) is 42.5 Å². The molecule has 0 saturated heterocycles. The van der Waals surface area contributed by atoms with E-state index in [1.165, 1.54) is 4.90 Å². The lowest BCUT2D eigenvalue weighted by atomic mass is 10.1. The number of hydrogen-bond donors (Lipinski definition) is 3. The minimum absolute atomic E-state index is 0.0206. The third kappa shape index (κ3) is 5.15. The highest BCUT2D eigenvalue weighted by atomic mass is 35.5. The van der Waals surface area contributed by atoms with Gasteiger partial charge in [0.2, 0.25) is 0 Å². The molecule has 2 atom stereocenters. The zero-order valence-corrected chi connectivity index (χ0v) is 21.2. The summed E-state index contributed by atoms with van der Waals surface area (Å²) in [5.74, 6) is -0.430. The zero-order chi connectivity index (χ0) is 25.9. The Balaban J connectivity index is 1.30. The summed E-state index contributed by atoms with van der Waals surface area (Å²) >= 11 is 12.6. The number of anilines is 3. The van der Waals surface area contributed by atoms with Crippen LogP contribution in [0.4, 0.5) is 17.1 Å². The van der Waals surface area contributed by atoms with E-state index in [2.05, 4.69) is 5.32 Å². The van der Waals surface area contributed by atoms with Gasteiger partial charge in [-0.1, -0.05) is 89.9 Å². The van der Waals surface area contributed by atoms with Crippen LogP contribution in [0.5, 0.6) is 0 Å². The Morgan fingerprint density at radius 2 is 1.35 bits per heavy atom. The van der Waals surface area contributed by atoms with Crippen LogP contribution in [0, 0.1) is 0 Å². The summed E-state index contributed by atoms with van der Waals surface area (Å²) in [6, 6.07) is 27.0. The van der Waals surface area contributed by atoms with E-state index in [1.807, 2.05) is 48.5 Å². The summed E-state index contributed by atoms with van der Waals surface area (Å²) in [6.45, 7) is -0.0206. The number of ether oxygens (including phenoxy) is 1. The molecule has 8 heteroatoms. The molecule has 0 fully saturated rings. The molecule has 0 radical (unpaired) electrons. The first-order valence-electron chi connectivity index (χ1n) is 11.7. The second-order valence-electron chi connectivity index (χ2n) is 8.63. The van der Waals surface area contributed by atoms with Gasteiger partial charge < -0.3 is 25.2 Å². The van der Waals surface area contributed by atoms with Crippen molar-refractivity contribution < 1.29 is 19.7 Å². The monoisotopic (exact) mass is 534 g/mol. The van der Waals surface area contributed by atoms with Gasteiger partial charge in [-0.2, -0.15) is 0 Å². The molecule has 1 aliphatic heterocycles. The fourth-order valence-electron chi connectivity index (χ4n) is 4.48. The molecule has 4 aromatic carbocycles. The number of aliphatic hydroxyl groups excluding tert-OH is 2. The minimum Gasteiger partial charge on any atom is -0.460 e. The second-order valence-corrected chi connectivity index (χ2v) is 9.44. The van der Waals surface area contributed by atoms with Gasteiger partial charge in [0, 0.05) is 28.1 Å². The second kappa shape index (κ2) is 10.8. The fraction of sp³-hybridized carbons (Fsp3) is 0.138. The van der Waals surface area contributed by atoms with E-state index in [0.717, 1.165) is 5.56 Å². The molecule has 1 aliphatic rings. The number of esters is 1. The van der Waals surface area contributed by atoms with Gasteiger partial charge in [0.05, 0.1) is 22.2 Å². The number of hydrogen-bond acceptors (Lipinski definition) is 6. The van der Waals surface area contributed by atoms with Crippen LogP contribution in [0.2, 0.25) is 10.0 Å². The topological polar surface area (TPSA) is 82.0 Å². The number of para-hydroxylation sites is 3. The number of carbonyl (C=O) groups is 1. The molecule has 5 rings (SSSR count). The van der Waals surface area contributed by atoms with Gasteiger partial charge in [-0.05, 0) is 29.8 Å². The van der Waals surface area contributed by atoms with E-state index in [4.69, 9.17) is 27.9 Å². The molecule has 2 unspecified atom stereocenters. The molecule has 3 N–H and O–H groups in total. The van der Waals surface area contributed by atoms with Crippen LogP contribution in [-0.4, -0.2) is 16.2 Å². The Bertz CT molecular complexity index is 1400. The summed E-state index contributed by atoms with van der Waals surface area (Å²) in [4.78, 5) is 14.4. The van der Waals surface area contributed by atoms with Crippen molar-refractivity contribution in [2.24, 2.45) is 0 Å². The predicted molar refractivity (Wildman–Crippen MR) is 145 cm³/mol. The molecule has 0 amide bonds. The largest absolute Gasteiger partial charge is 0.460 e. The van der Waals surface area contributed by atoms with E-state index < -0.39 is 18.4 Å². The first-order valence-corrected chi connectivity index (χ1v) is 12.5. The third-order valence-corrected chi connectivity index (χ3v) is 6.94.